The molecular weight excluding hydrogens is 486 g/mol. The largest absolute Gasteiger partial charge is 0.508 e. The number of aromatic hydroxyl groups is 1. The standard InChI is InChI=1S/C30H39NO5S/c1-30(2,16-7-4-8-17-35-18-15-26-12-9-19-37-26)31-21-28(24-13-14-27(33)25(20-24)22-32)36-29(34)23-10-5-3-6-11-23/h3,5-6,9-14,19-20,28,31-33H,4,7-8,15-18,21-22H2,1-2H3. The second-order valence-corrected chi connectivity index (χ2v) is 10.9. The molecule has 0 bridgehead atoms. The molecule has 3 N–H and O–H groups in total. The van der Waals surface area contributed by atoms with Gasteiger partial charge in [0.25, 0.3) is 0 Å². The maximum Gasteiger partial charge on any atom is 0.338 e. The van der Waals surface area contributed by atoms with Crippen LogP contribution in [0.3, 0.4) is 0 Å². The molecule has 0 radical (unpaired) electrons. The van der Waals surface area contributed by atoms with E-state index < -0.39 is 12.1 Å². The fraction of sp³-hybridized carbons (Fsp3) is 0.433. The summed E-state index contributed by atoms with van der Waals surface area (Å²) in [6.45, 7) is 5.96. The van der Waals surface area contributed by atoms with Crippen LogP contribution >= 0.6 is 11.3 Å². The number of benzene rings is 2. The Morgan fingerprint density at radius 3 is 2.57 bits per heavy atom. The molecule has 2 aromatic carbocycles. The van der Waals surface area contributed by atoms with Crippen LogP contribution in [0.5, 0.6) is 5.75 Å². The molecule has 0 aliphatic heterocycles. The molecule has 0 amide bonds. The number of hydrogen-bond donors (Lipinski definition) is 3. The van der Waals surface area contributed by atoms with Crippen molar-refractivity contribution in [1.82, 2.24) is 5.32 Å². The third kappa shape index (κ3) is 9.93. The summed E-state index contributed by atoms with van der Waals surface area (Å²) < 4.78 is 11.7. The monoisotopic (exact) mass is 525 g/mol. The van der Waals surface area contributed by atoms with Crippen LogP contribution in [0.4, 0.5) is 0 Å². The van der Waals surface area contributed by atoms with Gasteiger partial charge in [-0.2, -0.15) is 0 Å². The van der Waals surface area contributed by atoms with Crippen LogP contribution in [0, 0.1) is 0 Å². The van der Waals surface area contributed by atoms with Crippen LogP contribution < -0.4 is 5.32 Å². The van der Waals surface area contributed by atoms with Gasteiger partial charge in [-0.15, -0.1) is 11.3 Å². The number of aliphatic hydroxyl groups excluding tert-OH is 1. The second kappa shape index (κ2) is 14.9. The zero-order chi connectivity index (χ0) is 26.5. The fourth-order valence-electron chi connectivity index (χ4n) is 4.07. The SMILES string of the molecule is CC(C)(CCCCCOCCc1cccs1)NCC(OC(=O)c1ccccc1)c1ccc(O)c(CO)c1. The Morgan fingerprint density at radius 1 is 1.03 bits per heavy atom. The lowest BCUT2D eigenvalue weighted by molar-refractivity contribution is 0.0279. The molecule has 1 aromatic heterocycles. The Kier molecular flexibility index (Phi) is 11.6. The number of esters is 1. The van der Waals surface area contributed by atoms with Gasteiger partial charge in [-0.05, 0) is 68.0 Å². The molecule has 1 unspecified atom stereocenters. The van der Waals surface area contributed by atoms with Gasteiger partial charge in [0, 0.05) is 35.6 Å². The van der Waals surface area contributed by atoms with E-state index in [2.05, 4.69) is 36.7 Å². The number of ether oxygens (including phenoxy) is 2. The highest BCUT2D eigenvalue weighted by Crippen LogP contribution is 2.26. The lowest BCUT2D eigenvalue weighted by Crippen LogP contribution is -2.42. The minimum Gasteiger partial charge on any atom is -0.508 e. The topological polar surface area (TPSA) is 88.0 Å². The number of aliphatic hydroxyl groups is 1. The molecule has 1 heterocycles. The first-order chi connectivity index (χ1) is 17.9. The zero-order valence-electron chi connectivity index (χ0n) is 21.8. The van der Waals surface area contributed by atoms with E-state index in [9.17, 15) is 15.0 Å². The van der Waals surface area contributed by atoms with E-state index in [4.69, 9.17) is 9.47 Å². The first kappa shape index (κ1) is 28.9. The summed E-state index contributed by atoms with van der Waals surface area (Å²) in [7, 11) is 0. The molecule has 0 saturated heterocycles. The quantitative estimate of drug-likeness (QED) is 0.156. The summed E-state index contributed by atoms with van der Waals surface area (Å²) in [4.78, 5) is 14.2. The molecule has 0 aliphatic rings. The summed E-state index contributed by atoms with van der Waals surface area (Å²) in [5, 5.41) is 25.2. The predicted octanol–water partition coefficient (Wildman–Crippen LogP) is 6.03. The van der Waals surface area contributed by atoms with Gasteiger partial charge in [0.1, 0.15) is 11.9 Å². The number of carbonyl (C=O) groups is 1. The average Bonchev–Trinajstić information content (AvgIpc) is 3.42. The molecule has 0 saturated carbocycles. The number of hydrogen-bond acceptors (Lipinski definition) is 7. The summed E-state index contributed by atoms with van der Waals surface area (Å²) in [5.41, 5.74) is 1.43. The highest BCUT2D eigenvalue weighted by Gasteiger charge is 2.23. The van der Waals surface area contributed by atoms with E-state index in [1.54, 1.807) is 47.7 Å². The van der Waals surface area contributed by atoms with Crippen LogP contribution in [0.2, 0.25) is 0 Å². The molecule has 1 atom stereocenters. The first-order valence-electron chi connectivity index (χ1n) is 12.9. The number of nitrogens with one attached hydrogen (secondary N) is 1. The fourth-order valence-corrected chi connectivity index (χ4v) is 4.76. The van der Waals surface area contributed by atoms with Crippen molar-refractivity contribution >= 4 is 17.3 Å². The maximum absolute atomic E-state index is 12.8. The molecule has 3 aromatic rings. The van der Waals surface area contributed by atoms with E-state index in [0.29, 0.717) is 23.2 Å². The van der Waals surface area contributed by atoms with E-state index in [1.807, 2.05) is 6.07 Å². The third-order valence-corrected chi connectivity index (χ3v) is 7.27. The van der Waals surface area contributed by atoms with E-state index in [-0.39, 0.29) is 17.9 Å². The van der Waals surface area contributed by atoms with Crippen molar-refractivity contribution in [3.05, 3.63) is 87.6 Å². The van der Waals surface area contributed by atoms with Gasteiger partial charge in [0.05, 0.1) is 18.8 Å². The molecule has 7 heteroatoms. The second-order valence-electron chi connectivity index (χ2n) is 9.82. The zero-order valence-corrected chi connectivity index (χ0v) is 22.6. The Hall–Kier alpha value is -2.71. The van der Waals surface area contributed by atoms with Crippen molar-refractivity contribution in [2.75, 3.05) is 19.8 Å². The lowest BCUT2D eigenvalue weighted by Gasteiger charge is -2.29. The number of rotatable bonds is 16. The normalized spacial score (nSPS) is 12.4. The maximum atomic E-state index is 12.8. The highest BCUT2D eigenvalue weighted by atomic mass is 32.1. The third-order valence-electron chi connectivity index (χ3n) is 6.33. The van der Waals surface area contributed by atoms with Crippen LogP contribution in [-0.2, 0) is 22.5 Å². The van der Waals surface area contributed by atoms with Gasteiger partial charge in [-0.25, -0.2) is 4.79 Å². The van der Waals surface area contributed by atoms with Gasteiger partial charge in [0.2, 0.25) is 0 Å². The van der Waals surface area contributed by atoms with Crippen molar-refractivity contribution in [3.8, 4) is 5.75 Å². The van der Waals surface area contributed by atoms with Crippen LogP contribution in [0.15, 0.2) is 66.0 Å². The lowest BCUT2D eigenvalue weighted by atomic mass is 9.95. The minimum atomic E-state index is -0.574. The molecule has 3 rings (SSSR count). The van der Waals surface area contributed by atoms with Gasteiger partial charge in [0.15, 0.2) is 0 Å². The van der Waals surface area contributed by atoms with E-state index in [0.717, 1.165) is 45.3 Å². The number of phenols is 1. The van der Waals surface area contributed by atoms with Crippen molar-refractivity contribution in [2.24, 2.45) is 0 Å². The minimum absolute atomic E-state index is 0.0168. The summed E-state index contributed by atoms with van der Waals surface area (Å²) >= 11 is 1.77. The summed E-state index contributed by atoms with van der Waals surface area (Å²) in [6, 6.07) is 18.0. The van der Waals surface area contributed by atoms with E-state index in [1.165, 1.54) is 10.9 Å². The van der Waals surface area contributed by atoms with Crippen LogP contribution in [0.1, 0.15) is 72.0 Å². The summed E-state index contributed by atoms with van der Waals surface area (Å²) in [5.74, 6) is -0.397. The average molecular weight is 526 g/mol. The van der Waals surface area contributed by atoms with Crippen molar-refractivity contribution < 1.29 is 24.5 Å². The molecular formula is C30H39NO5S. The first-order valence-corrected chi connectivity index (χ1v) is 13.8. The Labute approximate surface area is 224 Å². The van der Waals surface area contributed by atoms with Gasteiger partial charge in [-0.3, -0.25) is 0 Å². The Bertz CT molecular complexity index is 1070. The molecule has 0 spiro atoms. The van der Waals surface area contributed by atoms with Crippen molar-refractivity contribution in [2.45, 2.75) is 64.2 Å². The van der Waals surface area contributed by atoms with E-state index >= 15 is 0 Å². The number of thiophene rings is 1. The van der Waals surface area contributed by atoms with Crippen LogP contribution in [0.25, 0.3) is 0 Å². The van der Waals surface area contributed by atoms with Crippen molar-refractivity contribution in [3.63, 3.8) is 0 Å². The Morgan fingerprint density at radius 2 is 1.84 bits per heavy atom. The van der Waals surface area contributed by atoms with Gasteiger partial charge < -0.3 is 25.0 Å². The van der Waals surface area contributed by atoms with Crippen molar-refractivity contribution in [1.29, 1.82) is 0 Å². The number of unbranched alkanes of at least 4 members (excludes halogenated alkanes) is 2. The molecule has 37 heavy (non-hydrogen) atoms. The van der Waals surface area contributed by atoms with Gasteiger partial charge >= 0.3 is 5.97 Å². The Balaban J connectivity index is 1.48. The molecule has 0 aliphatic carbocycles. The predicted molar refractivity (Wildman–Crippen MR) is 148 cm³/mol. The van der Waals surface area contributed by atoms with Crippen LogP contribution in [-0.4, -0.2) is 41.5 Å². The highest BCUT2D eigenvalue weighted by molar-refractivity contribution is 7.09. The summed E-state index contributed by atoms with van der Waals surface area (Å²) in [6.07, 6.45) is 4.57. The molecule has 0 fully saturated rings. The molecule has 200 valence electrons. The molecule has 6 nitrogen and oxygen atoms in total. The van der Waals surface area contributed by atoms with Gasteiger partial charge in [-0.1, -0.05) is 43.2 Å². The number of carbonyl (C=O) groups excluding carboxylic acids is 1. The smallest absolute Gasteiger partial charge is 0.338 e.